The largest absolute Gasteiger partial charge is 0.281 e. The number of nitrogens with zero attached hydrogens (tertiary/aromatic N) is 1. The topological polar surface area (TPSA) is 87.6 Å². The number of aryl methyl sites for hydroxylation is 2. The monoisotopic (exact) mass is 495 g/mol. The van der Waals surface area contributed by atoms with Crippen molar-refractivity contribution in [1.29, 1.82) is 0 Å². The maximum Gasteiger partial charge on any atom is 0.281 e. The quantitative estimate of drug-likeness (QED) is 0.334. The molecule has 1 aliphatic carbocycles. The fraction of sp³-hybridized carbons (Fsp3) is 0.308. The Morgan fingerprint density at radius 3 is 2.50 bits per heavy atom. The van der Waals surface area contributed by atoms with Gasteiger partial charge in [0.2, 0.25) is 0 Å². The Balaban J connectivity index is 1.39. The Morgan fingerprint density at radius 2 is 1.82 bits per heavy atom. The summed E-state index contributed by atoms with van der Waals surface area (Å²) in [4.78, 5) is 14.9. The van der Waals surface area contributed by atoms with Gasteiger partial charge in [0.05, 0.1) is 15.5 Å². The van der Waals surface area contributed by atoms with Crippen molar-refractivity contribution in [2.45, 2.75) is 51.3 Å². The number of hydrazone groups is 1. The molecule has 0 aliphatic heterocycles. The molecule has 8 heteroatoms. The maximum absolute atomic E-state index is 12.6. The van der Waals surface area contributed by atoms with E-state index in [1.165, 1.54) is 23.3 Å². The van der Waals surface area contributed by atoms with Crippen LogP contribution in [0.4, 0.5) is 5.69 Å². The molecule has 0 spiro atoms. The van der Waals surface area contributed by atoms with Gasteiger partial charge >= 0.3 is 0 Å². The molecule has 1 amide bonds. The molecular weight excluding hydrogens is 466 g/mol. The summed E-state index contributed by atoms with van der Waals surface area (Å²) in [5.74, 6) is 0.511. The van der Waals surface area contributed by atoms with E-state index in [1.54, 1.807) is 66.8 Å². The van der Waals surface area contributed by atoms with Crippen LogP contribution in [0.25, 0.3) is 0 Å². The van der Waals surface area contributed by atoms with Crippen LogP contribution in [-0.2, 0) is 22.9 Å². The van der Waals surface area contributed by atoms with Crippen molar-refractivity contribution < 1.29 is 13.2 Å². The van der Waals surface area contributed by atoms with Crippen molar-refractivity contribution in [2.75, 3.05) is 4.72 Å². The second kappa shape index (κ2) is 10.1. The highest BCUT2D eigenvalue weighted by Gasteiger charge is 2.22. The highest BCUT2D eigenvalue weighted by molar-refractivity contribution is 7.92. The molecule has 1 heterocycles. The second-order valence-electron chi connectivity index (χ2n) is 8.71. The highest BCUT2D eigenvalue weighted by atomic mass is 32.2. The van der Waals surface area contributed by atoms with Crippen molar-refractivity contribution >= 4 is 38.7 Å². The van der Waals surface area contributed by atoms with Crippen LogP contribution in [0.2, 0.25) is 0 Å². The third-order valence-corrected chi connectivity index (χ3v) is 8.83. The van der Waals surface area contributed by atoms with Gasteiger partial charge in [-0.05, 0) is 80.5 Å². The molecule has 1 unspecified atom stereocenters. The average molecular weight is 496 g/mol. The number of sulfonamides is 1. The number of nitrogens with one attached hydrogen (secondary N) is 2. The van der Waals surface area contributed by atoms with Crippen LogP contribution < -0.4 is 10.1 Å². The number of carbonyl (C=O) groups excluding carboxylic acids is 1. The Bertz CT molecular complexity index is 1310. The molecule has 1 atom stereocenters. The lowest BCUT2D eigenvalue weighted by atomic mass is 9.87. The number of amides is 1. The van der Waals surface area contributed by atoms with Crippen molar-refractivity contribution in [3.63, 3.8) is 0 Å². The number of carbonyl (C=O) groups is 1. The van der Waals surface area contributed by atoms with Gasteiger partial charge in [0.15, 0.2) is 0 Å². The SMILES string of the molecule is CCC1CCc2sc(C(=O)N/N=C(\C)c3ccc(NS(=O)(=O)c4ccc(C)cc4)cc3)cc2C1. The third-order valence-electron chi connectivity index (χ3n) is 6.20. The summed E-state index contributed by atoms with van der Waals surface area (Å²) >= 11 is 1.56. The van der Waals surface area contributed by atoms with Gasteiger partial charge in [0, 0.05) is 10.6 Å². The highest BCUT2D eigenvalue weighted by Crippen LogP contribution is 2.33. The molecule has 0 fully saturated rings. The fourth-order valence-electron chi connectivity index (χ4n) is 4.02. The van der Waals surface area contributed by atoms with E-state index in [9.17, 15) is 13.2 Å². The minimum absolute atomic E-state index is 0.200. The molecule has 2 N–H and O–H groups in total. The van der Waals surface area contributed by atoms with E-state index >= 15 is 0 Å². The first-order chi connectivity index (χ1) is 16.2. The zero-order valence-electron chi connectivity index (χ0n) is 19.6. The lowest BCUT2D eigenvalue weighted by Gasteiger charge is -2.19. The number of benzene rings is 2. The molecule has 0 bridgehead atoms. The summed E-state index contributed by atoms with van der Waals surface area (Å²) in [6.45, 7) is 5.93. The number of rotatable bonds is 7. The summed E-state index contributed by atoms with van der Waals surface area (Å²) in [6, 6.07) is 15.6. The van der Waals surface area contributed by atoms with Gasteiger partial charge in [-0.25, -0.2) is 13.8 Å². The summed E-state index contributed by atoms with van der Waals surface area (Å²) in [5, 5.41) is 4.25. The number of hydrogen-bond donors (Lipinski definition) is 2. The van der Waals surface area contributed by atoms with Crippen LogP contribution in [-0.4, -0.2) is 20.0 Å². The van der Waals surface area contributed by atoms with E-state index in [4.69, 9.17) is 0 Å². The Morgan fingerprint density at radius 1 is 1.12 bits per heavy atom. The minimum atomic E-state index is -3.66. The van der Waals surface area contributed by atoms with E-state index in [1.807, 2.05) is 13.0 Å². The van der Waals surface area contributed by atoms with E-state index < -0.39 is 10.0 Å². The molecule has 0 saturated heterocycles. The van der Waals surface area contributed by atoms with Gasteiger partial charge in [-0.3, -0.25) is 9.52 Å². The lowest BCUT2D eigenvalue weighted by molar-refractivity contribution is 0.0959. The van der Waals surface area contributed by atoms with Gasteiger partial charge in [-0.2, -0.15) is 5.10 Å². The fourth-order valence-corrected chi connectivity index (χ4v) is 6.18. The average Bonchev–Trinajstić information content (AvgIpc) is 3.26. The van der Waals surface area contributed by atoms with E-state index in [0.717, 1.165) is 24.0 Å². The first-order valence-corrected chi connectivity index (χ1v) is 13.7. The smallest absolute Gasteiger partial charge is 0.280 e. The molecule has 6 nitrogen and oxygen atoms in total. The van der Waals surface area contributed by atoms with Crippen LogP contribution in [0.1, 0.15) is 57.9 Å². The van der Waals surface area contributed by atoms with Gasteiger partial charge in [-0.15, -0.1) is 11.3 Å². The summed E-state index contributed by atoms with van der Waals surface area (Å²) in [7, 11) is -3.66. The van der Waals surface area contributed by atoms with E-state index in [0.29, 0.717) is 22.2 Å². The van der Waals surface area contributed by atoms with Crippen LogP contribution in [0, 0.1) is 12.8 Å². The van der Waals surface area contributed by atoms with Crippen molar-refractivity contribution in [1.82, 2.24) is 5.43 Å². The molecule has 34 heavy (non-hydrogen) atoms. The maximum atomic E-state index is 12.6. The zero-order chi connectivity index (χ0) is 24.3. The molecule has 1 aromatic heterocycles. The third kappa shape index (κ3) is 5.56. The van der Waals surface area contributed by atoms with Crippen LogP contribution in [0.5, 0.6) is 0 Å². The number of anilines is 1. The summed E-state index contributed by atoms with van der Waals surface area (Å²) in [5.41, 5.74) is 6.83. The molecule has 0 saturated carbocycles. The first-order valence-electron chi connectivity index (χ1n) is 11.4. The Labute approximate surface area is 205 Å². The molecule has 0 radical (unpaired) electrons. The van der Waals surface area contributed by atoms with Crippen LogP contribution >= 0.6 is 11.3 Å². The minimum Gasteiger partial charge on any atom is -0.280 e. The zero-order valence-corrected chi connectivity index (χ0v) is 21.2. The first kappa shape index (κ1) is 24.2. The van der Waals surface area contributed by atoms with E-state index in [-0.39, 0.29) is 10.8 Å². The molecule has 4 rings (SSSR count). The number of fused-ring (bicyclic) bond motifs is 1. The molecule has 2 aromatic carbocycles. The molecule has 178 valence electrons. The normalized spacial score (nSPS) is 16.1. The number of thiophene rings is 1. The predicted molar refractivity (Wildman–Crippen MR) is 138 cm³/mol. The molecule has 1 aliphatic rings. The van der Waals surface area contributed by atoms with Gasteiger partial charge in [-0.1, -0.05) is 43.2 Å². The standard InChI is InChI=1S/C26H29N3O3S2/c1-4-19-7-14-24-21(15-19)16-25(33-24)26(30)28-27-18(3)20-8-10-22(11-9-20)29-34(31,32)23-12-5-17(2)6-13-23/h5-6,8-13,16,19,29H,4,7,14-15H2,1-3H3,(H,28,30)/b27-18+. The predicted octanol–water partition coefficient (Wildman–Crippen LogP) is 5.53. The van der Waals surface area contributed by atoms with Gasteiger partial charge < -0.3 is 0 Å². The Kier molecular flexibility index (Phi) is 7.19. The van der Waals surface area contributed by atoms with Crippen molar-refractivity contribution in [3.05, 3.63) is 81.0 Å². The molecular formula is C26H29N3O3S2. The van der Waals surface area contributed by atoms with Crippen LogP contribution in [0.15, 0.2) is 64.6 Å². The van der Waals surface area contributed by atoms with Crippen LogP contribution in [0.3, 0.4) is 0 Å². The van der Waals surface area contributed by atoms with E-state index in [2.05, 4.69) is 22.2 Å². The lowest BCUT2D eigenvalue weighted by Crippen LogP contribution is -2.18. The molecule has 3 aromatic rings. The van der Waals surface area contributed by atoms with Gasteiger partial charge in [0.1, 0.15) is 0 Å². The Hall–Kier alpha value is -2.97. The van der Waals surface area contributed by atoms with Crippen molar-refractivity contribution in [3.8, 4) is 0 Å². The van der Waals surface area contributed by atoms with Crippen molar-refractivity contribution in [2.24, 2.45) is 11.0 Å². The second-order valence-corrected chi connectivity index (χ2v) is 11.5. The summed E-state index contributed by atoms with van der Waals surface area (Å²) in [6.07, 6.45) is 4.47. The number of hydrogen-bond acceptors (Lipinski definition) is 5. The summed E-state index contributed by atoms with van der Waals surface area (Å²) < 4.78 is 27.7. The van der Waals surface area contributed by atoms with Gasteiger partial charge in [0.25, 0.3) is 15.9 Å².